The number of rotatable bonds is 2. The van der Waals surface area contributed by atoms with Crippen molar-refractivity contribution in [2.24, 2.45) is 0 Å². The standard InChI is InChI=1S/C8H11NO2/c1-6-2-3-7(5-9-11)4-8(6)10/h2-4,9-11H,5H2,1H3. The number of nitrogens with one attached hydrogen (secondary N) is 1. The molecule has 1 aromatic rings. The molecule has 0 atom stereocenters. The van der Waals surface area contributed by atoms with E-state index in [4.69, 9.17) is 5.21 Å². The van der Waals surface area contributed by atoms with Gasteiger partial charge in [-0.05, 0) is 24.1 Å². The third-order valence-electron chi connectivity index (χ3n) is 1.56. The zero-order valence-corrected chi connectivity index (χ0v) is 6.33. The van der Waals surface area contributed by atoms with Crippen LogP contribution in [0.3, 0.4) is 0 Å². The molecule has 0 aliphatic rings. The van der Waals surface area contributed by atoms with Crippen molar-refractivity contribution in [3.63, 3.8) is 0 Å². The van der Waals surface area contributed by atoms with Gasteiger partial charge in [0.1, 0.15) is 5.75 Å². The highest BCUT2D eigenvalue weighted by Crippen LogP contribution is 2.16. The Labute approximate surface area is 65.3 Å². The van der Waals surface area contributed by atoms with E-state index in [2.05, 4.69) is 0 Å². The molecule has 3 heteroatoms. The average Bonchev–Trinajstić information content (AvgIpc) is 1.98. The molecule has 0 unspecified atom stereocenters. The first kappa shape index (κ1) is 8.04. The van der Waals surface area contributed by atoms with E-state index < -0.39 is 0 Å². The van der Waals surface area contributed by atoms with Gasteiger partial charge in [0, 0.05) is 6.54 Å². The number of phenols is 1. The summed E-state index contributed by atoms with van der Waals surface area (Å²) in [7, 11) is 0. The number of hydrogen-bond acceptors (Lipinski definition) is 3. The Morgan fingerprint density at radius 3 is 2.73 bits per heavy atom. The average molecular weight is 153 g/mol. The minimum atomic E-state index is 0.262. The predicted octanol–water partition coefficient (Wildman–Crippen LogP) is 1.18. The van der Waals surface area contributed by atoms with Crippen molar-refractivity contribution in [2.45, 2.75) is 13.5 Å². The van der Waals surface area contributed by atoms with E-state index in [0.29, 0.717) is 6.54 Å². The molecule has 3 N–H and O–H groups in total. The van der Waals surface area contributed by atoms with Gasteiger partial charge in [-0.1, -0.05) is 12.1 Å². The number of benzene rings is 1. The second-order valence-corrected chi connectivity index (χ2v) is 2.46. The summed E-state index contributed by atoms with van der Waals surface area (Å²) in [5.74, 6) is 0.262. The van der Waals surface area contributed by atoms with E-state index in [9.17, 15) is 5.11 Å². The molecule has 60 valence electrons. The van der Waals surface area contributed by atoms with E-state index in [0.717, 1.165) is 11.1 Å². The Morgan fingerprint density at radius 1 is 1.45 bits per heavy atom. The molecule has 0 saturated heterocycles. The molecule has 0 saturated carbocycles. The number of hydrogen-bond donors (Lipinski definition) is 3. The molecule has 3 nitrogen and oxygen atoms in total. The molecule has 0 amide bonds. The van der Waals surface area contributed by atoms with Crippen molar-refractivity contribution >= 4 is 0 Å². The van der Waals surface area contributed by atoms with Gasteiger partial charge in [-0.15, -0.1) is 0 Å². The van der Waals surface area contributed by atoms with Crippen LogP contribution < -0.4 is 5.48 Å². The molecular weight excluding hydrogens is 142 g/mol. The number of hydroxylamine groups is 1. The topological polar surface area (TPSA) is 52.5 Å². The molecule has 0 bridgehead atoms. The summed E-state index contributed by atoms with van der Waals surface area (Å²) in [6, 6.07) is 5.28. The van der Waals surface area contributed by atoms with Crippen LogP contribution in [0.1, 0.15) is 11.1 Å². The first-order valence-electron chi connectivity index (χ1n) is 3.39. The Hall–Kier alpha value is -1.06. The molecule has 11 heavy (non-hydrogen) atoms. The summed E-state index contributed by atoms with van der Waals surface area (Å²) in [5, 5.41) is 17.6. The van der Waals surface area contributed by atoms with Crippen molar-refractivity contribution in [1.29, 1.82) is 0 Å². The highest BCUT2D eigenvalue weighted by atomic mass is 16.5. The summed E-state index contributed by atoms with van der Waals surface area (Å²) in [6.07, 6.45) is 0. The highest BCUT2D eigenvalue weighted by molar-refractivity contribution is 5.35. The fraction of sp³-hybridized carbons (Fsp3) is 0.250. The molecule has 1 aromatic carbocycles. The maximum atomic E-state index is 9.22. The van der Waals surface area contributed by atoms with E-state index in [1.165, 1.54) is 0 Å². The van der Waals surface area contributed by atoms with E-state index in [-0.39, 0.29) is 5.75 Å². The monoisotopic (exact) mass is 153 g/mol. The maximum absolute atomic E-state index is 9.22. The SMILES string of the molecule is Cc1ccc(CNO)cc1O. The highest BCUT2D eigenvalue weighted by Gasteiger charge is 1.96. The normalized spacial score (nSPS) is 10.0. The molecule has 0 spiro atoms. The van der Waals surface area contributed by atoms with Gasteiger partial charge in [0.25, 0.3) is 0 Å². The first-order valence-corrected chi connectivity index (χ1v) is 3.39. The van der Waals surface area contributed by atoms with E-state index >= 15 is 0 Å². The van der Waals surface area contributed by atoms with Crippen LogP contribution in [0.4, 0.5) is 0 Å². The van der Waals surface area contributed by atoms with Crippen molar-refractivity contribution in [3.8, 4) is 5.75 Å². The minimum Gasteiger partial charge on any atom is -0.508 e. The van der Waals surface area contributed by atoms with Crippen LogP contribution in [0.5, 0.6) is 5.75 Å². The Bertz CT molecular complexity index is 248. The lowest BCUT2D eigenvalue weighted by Crippen LogP contribution is -2.05. The van der Waals surface area contributed by atoms with Gasteiger partial charge in [0.15, 0.2) is 0 Å². The lowest BCUT2D eigenvalue weighted by atomic mass is 10.1. The Morgan fingerprint density at radius 2 is 2.18 bits per heavy atom. The van der Waals surface area contributed by atoms with Crippen LogP contribution in [0.25, 0.3) is 0 Å². The van der Waals surface area contributed by atoms with Crippen LogP contribution in [0.2, 0.25) is 0 Å². The van der Waals surface area contributed by atoms with Gasteiger partial charge in [-0.25, -0.2) is 5.48 Å². The molecule has 0 aliphatic heterocycles. The maximum Gasteiger partial charge on any atom is 0.118 e. The third-order valence-corrected chi connectivity index (χ3v) is 1.56. The number of aromatic hydroxyl groups is 1. The summed E-state index contributed by atoms with van der Waals surface area (Å²) in [4.78, 5) is 0. The zero-order chi connectivity index (χ0) is 8.27. The van der Waals surface area contributed by atoms with Crippen LogP contribution >= 0.6 is 0 Å². The lowest BCUT2D eigenvalue weighted by molar-refractivity contribution is 0.161. The third kappa shape index (κ3) is 1.93. The zero-order valence-electron chi connectivity index (χ0n) is 6.33. The second kappa shape index (κ2) is 3.37. The molecule has 0 aromatic heterocycles. The van der Waals surface area contributed by atoms with Crippen molar-refractivity contribution in [3.05, 3.63) is 29.3 Å². The molecule has 0 aliphatic carbocycles. The smallest absolute Gasteiger partial charge is 0.118 e. The summed E-state index contributed by atoms with van der Waals surface area (Å²) in [5.41, 5.74) is 3.72. The Balaban J connectivity index is 2.86. The van der Waals surface area contributed by atoms with E-state index in [1.54, 1.807) is 6.07 Å². The van der Waals surface area contributed by atoms with Crippen molar-refractivity contribution in [1.82, 2.24) is 5.48 Å². The summed E-state index contributed by atoms with van der Waals surface area (Å²) >= 11 is 0. The van der Waals surface area contributed by atoms with E-state index in [1.807, 2.05) is 24.5 Å². The molecule has 0 radical (unpaired) electrons. The molecule has 0 fully saturated rings. The fourth-order valence-corrected chi connectivity index (χ4v) is 0.856. The van der Waals surface area contributed by atoms with Crippen LogP contribution in [-0.4, -0.2) is 10.3 Å². The minimum absolute atomic E-state index is 0.262. The van der Waals surface area contributed by atoms with Crippen molar-refractivity contribution in [2.75, 3.05) is 0 Å². The van der Waals surface area contributed by atoms with Gasteiger partial charge in [0.05, 0.1) is 0 Å². The Kier molecular flexibility index (Phi) is 2.46. The fourth-order valence-electron chi connectivity index (χ4n) is 0.856. The lowest BCUT2D eigenvalue weighted by Gasteiger charge is -2.01. The summed E-state index contributed by atoms with van der Waals surface area (Å²) < 4.78 is 0. The van der Waals surface area contributed by atoms with Crippen LogP contribution in [0.15, 0.2) is 18.2 Å². The van der Waals surface area contributed by atoms with Gasteiger partial charge in [0.2, 0.25) is 0 Å². The summed E-state index contributed by atoms with van der Waals surface area (Å²) in [6.45, 7) is 2.18. The van der Waals surface area contributed by atoms with Gasteiger partial charge in [-0.3, -0.25) is 0 Å². The molecular formula is C8H11NO2. The van der Waals surface area contributed by atoms with Crippen LogP contribution in [0, 0.1) is 6.92 Å². The van der Waals surface area contributed by atoms with Crippen molar-refractivity contribution < 1.29 is 10.3 Å². The molecule has 0 heterocycles. The second-order valence-electron chi connectivity index (χ2n) is 2.46. The van der Waals surface area contributed by atoms with Gasteiger partial charge < -0.3 is 10.3 Å². The number of phenolic OH excluding ortho intramolecular Hbond substituents is 1. The van der Waals surface area contributed by atoms with Gasteiger partial charge in [-0.2, -0.15) is 0 Å². The van der Waals surface area contributed by atoms with Gasteiger partial charge >= 0.3 is 0 Å². The quantitative estimate of drug-likeness (QED) is 0.559. The molecule has 1 rings (SSSR count). The largest absolute Gasteiger partial charge is 0.508 e. The number of aryl methyl sites for hydroxylation is 1. The first-order chi connectivity index (χ1) is 5.24. The van der Waals surface area contributed by atoms with Crippen LogP contribution in [-0.2, 0) is 6.54 Å². The predicted molar refractivity (Wildman–Crippen MR) is 41.5 cm³/mol.